The first-order valence-corrected chi connectivity index (χ1v) is 26.8. The van der Waals surface area contributed by atoms with Crippen molar-refractivity contribution >= 4 is 0 Å². The van der Waals surface area contributed by atoms with Gasteiger partial charge in [-0.05, 0) is 162 Å². The summed E-state index contributed by atoms with van der Waals surface area (Å²) in [7, 11) is 0. The summed E-state index contributed by atoms with van der Waals surface area (Å²) < 4.78 is 25.1. The van der Waals surface area contributed by atoms with Crippen LogP contribution >= 0.6 is 0 Å². The summed E-state index contributed by atoms with van der Waals surface area (Å²) >= 11 is 0. The molecular formula is C56H99NO4. The molecule has 4 aliphatic carbocycles. The third-order valence-electron chi connectivity index (χ3n) is 16.9. The van der Waals surface area contributed by atoms with Gasteiger partial charge in [-0.1, -0.05) is 135 Å². The molecule has 0 spiro atoms. The molecule has 352 valence electrons. The lowest BCUT2D eigenvalue weighted by Gasteiger charge is -2.58. The van der Waals surface area contributed by atoms with Gasteiger partial charge >= 0.3 is 0 Å². The minimum Gasteiger partial charge on any atom is -0.379 e. The summed E-state index contributed by atoms with van der Waals surface area (Å²) in [6.07, 6.45) is 45.6. The highest BCUT2D eigenvalue weighted by molar-refractivity contribution is 5.25. The van der Waals surface area contributed by atoms with Crippen LogP contribution in [-0.4, -0.2) is 76.4 Å². The van der Waals surface area contributed by atoms with Gasteiger partial charge in [-0.3, -0.25) is 0 Å². The van der Waals surface area contributed by atoms with E-state index in [1.165, 1.54) is 154 Å². The Balaban J connectivity index is 0.901. The molecule has 5 nitrogen and oxygen atoms in total. The van der Waals surface area contributed by atoms with Crippen LogP contribution in [0.15, 0.2) is 36.0 Å². The Kier molecular flexibility index (Phi) is 23.5. The molecule has 0 aromatic carbocycles. The second kappa shape index (κ2) is 28.1. The van der Waals surface area contributed by atoms with Crippen LogP contribution in [0.5, 0.6) is 0 Å². The topological polar surface area (TPSA) is 40.2 Å². The Hall–Kier alpha value is -0.980. The molecule has 1 heterocycles. The zero-order valence-corrected chi connectivity index (χ0v) is 41.1. The van der Waals surface area contributed by atoms with Gasteiger partial charge in [0.25, 0.3) is 0 Å². The fourth-order valence-electron chi connectivity index (χ4n) is 13.3. The number of hydrogen-bond donors (Lipinski definition) is 0. The van der Waals surface area contributed by atoms with E-state index in [1.807, 2.05) is 0 Å². The number of allylic oxidation sites excluding steroid dienone is 5. The van der Waals surface area contributed by atoms with Crippen molar-refractivity contribution in [2.24, 2.45) is 46.3 Å². The molecule has 61 heavy (non-hydrogen) atoms. The molecule has 1 saturated heterocycles. The first kappa shape index (κ1) is 51.0. The van der Waals surface area contributed by atoms with Crippen LogP contribution in [-0.2, 0) is 18.9 Å². The van der Waals surface area contributed by atoms with Crippen LogP contribution in [0.1, 0.15) is 202 Å². The van der Waals surface area contributed by atoms with Gasteiger partial charge in [0.05, 0.1) is 45.2 Å². The van der Waals surface area contributed by atoms with Crippen molar-refractivity contribution in [3.8, 4) is 0 Å². The van der Waals surface area contributed by atoms with E-state index in [2.05, 4.69) is 76.8 Å². The standard InChI is InChI=1S/C56H99NO4/c1-7-8-9-10-11-12-13-14-15-16-17-18-19-20-21-24-38-59-45-50(44-57-36-22-23-37-57)61-42-40-58-39-41-60-49-32-34-55(5)48(43-49)28-29-51-53-31-30-52(47(4)27-25-26-46(2)3)56(53,6)35-33-54(51)55/h11-12,14-15,28,46-47,49-54H,7-10,13,16-27,29-45H2,1-6H3/t47-,49+,50?,51?,52-,53+,54+,55+,56-/m1/s1. The Bertz CT molecular complexity index is 1250. The number of hydrogen-bond acceptors (Lipinski definition) is 5. The van der Waals surface area contributed by atoms with Crippen LogP contribution in [0.3, 0.4) is 0 Å². The normalized spacial score (nSPS) is 30.3. The summed E-state index contributed by atoms with van der Waals surface area (Å²) in [5, 5.41) is 0. The highest BCUT2D eigenvalue weighted by Crippen LogP contribution is 2.67. The number of ether oxygens (including phenoxy) is 4. The maximum atomic E-state index is 6.51. The monoisotopic (exact) mass is 850 g/mol. The maximum absolute atomic E-state index is 6.51. The molecule has 0 N–H and O–H groups in total. The maximum Gasteiger partial charge on any atom is 0.0936 e. The molecular weight excluding hydrogens is 751 g/mol. The van der Waals surface area contributed by atoms with E-state index in [4.69, 9.17) is 18.9 Å². The van der Waals surface area contributed by atoms with Gasteiger partial charge in [0.2, 0.25) is 0 Å². The molecule has 5 rings (SSSR count). The summed E-state index contributed by atoms with van der Waals surface area (Å²) in [6, 6.07) is 0. The second-order valence-electron chi connectivity index (χ2n) is 21.8. The molecule has 3 saturated carbocycles. The van der Waals surface area contributed by atoms with Crippen molar-refractivity contribution in [2.45, 2.75) is 214 Å². The number of rotatable bonds is 32. The predicted molar refractivity (Wildman–Crippen MR) is 259 cm³/mol. The average Bonchev–Trinajstić information content (AvgIpc) is 3.90. The Labute approximate surface area is 378 Å². The minimum absolute atomic E-state index is 0.124. The Morgan fingerprint density at radius 2 is 1.46 bits per heavy atom. The van der Waals surface area contributed by atoms with Gasteiger partial charge in [0, 0.05) is 13.2 Å². The van der Waals surface area contributed by atoms with Crippen molar-refractivity contribution in [1.82, 2.24) is 4.90 Å². The van der Waals surface area contributed by atoms with Crippen LogP contribution in [0.2, 0.25) is 0 Å². The molecule has 0 radical (unpaired) electrons. The van der Waals surface area contributed by atoms with E-state index >= 15 is 0 Å². The van der Waals surface area contributed by atoms with E-state index in [9.17, 15) is 0 Å². The van der Waals surface area contributed by atoms with E-state index in [0.717, 1.165) is 67.9 Å². The Morgan fingerprint density at radius 3 is 2.23 bits per heavy atom. The summed E-state index contributed by atoms with van der Waals surface area (Å²) in [4.78, 5) is 2.55. The van der Waals surface area contributed by atoms with E-state index < -0.39 is 0 Å². The lowest BCUT2D eigenvalue weighted by Crippen LogP contribution is -2.51. The van der Waals surface area contributed by atoms with Crippen molar-refractivity contribution in [3.05, 3.63) is 36.0 Å². The second-order valence-corrected chi connectivity index (χ2v) is 21.8. The van der Waals surface area contributed by atoms with Crippen molar-refractivity contribution in [1.29, 1.82) is 0 Å². The SMILES string of the molecule is CCCCCC=CCC=CCCCCCCCCOCC(CN1CCCC1)OCCOCCO[C@H]1CC[C@@]2(C)C(=CCC3[C@@H]4CC[C@H]([C@H](C)CCCC(C)C)[C@@]4(C)CC[C@@H]32)C1. The lowest BCUT2D eigenvalue weighted by molar-refractivity contribution is -0.0730. The van der Waals surface area contributed by atoms with E-state index in [1.54, 1.807) is 5.57 Å². The molecule has 5 aliphatic rings. The van der Waals surface area contributed by atoms with Gasteiger partial charge in [-0.2, -0.15) is 0 Å². The fourth-order valence-corrected chi connectivity index (χ4v) is 13.3. The minimum atomic E-state index is 0.124. The highest BCUT2D eigenvalue weighted by atomic mass is 16.6. The number of unbranched alkanes of at least 4 members (excludes halogenated alkanes) is 9. The van der Waals surface area contributed by atoms with Crippen molar-refractivity contribution < 1.29 is 18.9 Å². The van der Waals surface area contributed by atoms with E-state index in [0.29, 0.717) is 50.0 Å². The average molecular weight is 850 g/mol. The third-order valence-corrected chi connectivity index (χ3v) is 16.9. The highest BCUT2D eigenvalue weighted by Gasteiger charge is 2.59. The smallest absolute Gasteiger partial charge is 0.0936 e. The largest absolute Gasteiger partial charge is 0.379 e. The van der Waals surface area contributed by atoms with Gasteiger partial charge in [-0.15, -0.1) is 0 Å². The van der Waals surface area contributed by atoms with Gasteiger partial charge in [-0.25, -0.2) is 0 Å². The number of likely N-dealkylation sites (tertiary alicyclic amines) is 1. The Morgan fingerprint density at radius 1 is 0.721 bits per heavy atom. The molecule has 9 atom stereocenters. The quantitative estimate of drug-likeness (QED) is 0.0498. The van der Waals surface area contributed by atoms with Crippen LogP contribution in [0, 0.1) is 46.3 Å². The summed E-state index contributed by atoms with van der Waals surface area (Å²) in [6.45, 7) is 22.5. The molecule has 0 aromatic rings. The fraction of sp³-hybridized carbons (Fsp3) is 0.893. The van der Waals surface area contributed by atoms with Crippen molar-refractivity contribution in [3.63, 3.8) is 0 Å². The molecule has 0 bridgehead atoms. The molecule has 0 aromatic heterocycles. The zero-order valence-electron chi connectivity index (χ0n) is 41.1. The third kappa shape index (κ3) is 16.4. The number of nitrogens with zero attached hydrogens (tertiary/aromatic N) is 1. The molecule has 2 unspecified atom stereocenters. The molecule has 1 aliphatic heterocycles. The van der Waals surface area contributed by atoms with Crippen LogP contribution in [0.4, 0.5) is 0 Å². The van der Waals surface area contributed by atoms with Crippen LogP contribution in [0.25, 0.3) is 0 Å². The van der Waals surface area contributed by atoms with E-state index in [-0.39, 0.29) is 6.10 Å². The van der Waals surface area contributed by atoms with Gasteiger partial charge in [0.1, 0.15) is 0 Å². The number of fused-ring (bicyclic) bond motifs is 5. The summed E-state index contributed by atoms with van der Waals surface area (Å²) in [5.74, 6) is 5.37. The predicted octanol–water partition coefficient (Wildman–Crippen LogP) is 14.7. The molecule has 4 fully saturated rings. The lowest BCUT2D eigenvalue weighted by atomic mass is 9.47. The zero-order chi connectivity index (χ0) is 43.2. The first-order chi connectivity index (χ1) is 29.7. The molecule has 5 heteroatoms. The van der Waals surface area contributed by atoms with Gasteiger partial charge < -0.3 is 23.8 Å². The van der Waals surface area contributed by atoms with Gasteiger partial charge in [0.15, 0.2) is 0 Å². The first-order valence-electron chi connectivity index (χ1n) is 26.8. The van der Waals surface area contributed by atoms with Crippen LogP contribution < -0.4 is 0 Å². The summed E-state index contributed by atoms with van der Waals surface area (Å²) in [5.41, 5.74) is 2.68. The van der Waals surface area contributed by atoms with Crippen molar-refractivity contribution in [2.75, 3.05) is 59.3 Å². The molecule has 0 amide bonds.